The first-order chi connectivity index (χ1) is 7.74. The molecule has 0 unspecified atom stereocenters. The molecule has 0 aliphatic heterocycles. The van der Waals surface area contributed by atoms with Gasteiger partial charge in [0.15, 0.2) is 0 Å². The van der Waals surface area contributed by atoms with E-state index in [0.29, 0.717) is 12.2 Å². The van der Waals surface area contributed by atoms with Crippen LogP contribution in [0.1, 0.15) is 12.5 Å². The van der Waals surface area contributed by atoms with E-state index >= 15 is 0 Å². The molecule has 1 aromatic carbocycles. The number of benzene rings is 1. The molecule has 1 rings (SSSR count). The summed E-state index contributed by atoms with van der Waals surface area (Å²) >= 11 is 0. The summed E-state index contributed by atoms with van der Waals surface area (Å²) in [5.74, 6) is -0.691. The van der Waals surface area contributed by atoms with E-state index < -0.39 is 5.97 Å². The van der Waals surface area contributed by atoms with Gasteiger partial charge in [0.2, 0.25) is 0 Å². The van der Waals surface area contributed by atoms with Gasteiger partial charge in [0.05, 0.1) is 6.61 Å². The molecule has 0 aromatic heterocycles. The number of carbonyl (C=O) groups excluding carboxylic acids is 1. The molecule has 0 amide bonds. The minimum Gasteiger partial charge on any atom is -0.463 e. The number of allylic oxidation sites excluding steroid dienone is 2. The number of carbonyl (C=O) groups is 1. The molecular weight excluding hydrogens is 207 g/mol. The van der Waals surface area contributed by atoms with E-state index in [1.807, 2.05) is 0 Å². The monoisotopic (exact) mass is 220 g/mol. The van der Waals surface area contributed by atoms with Crippen molar-refractivity contribution in [2.24, 2.45) is 0 Å². The van der Waals surface area contributed by atoms with Crippen LogP contribution in [0.5, 0.6) is 0 Å². The summed E-state index contributed by atoms with van der Waals surface area (Å²) in [5, 5.41) is 0. The number of hydrogen-bond acceptors (Lipinski definition) is 2. The van der Waals surface area contributed by atoms with Gasteiger partial charge >= 0.3 is 5.97 Å². The Morgan fingerprint density at radius 2 is 2.12 bits per heavy atom. The summed E-state index contributed by atoms with van der Waals surface area (Å²) in [7, 11) is 0. The van der Waals surface area contributed by atoms with Gasteiger partial charge in [0, 0.05) is 11.6 Å². The Labute approximate surface area is 94.0 Å². The van der Waals surface area contributed by atoms with Crippen molar-refractivity contribution < 1.29 is 13.9 Å². The fourth-order valence-corrected chi connectivity index (χ4v) is 1.09. The fourth-order valence-electron chi connectivity index (χ4n) is 1.09. The number of ether oxygens (including phenoxy) is 1. The predicted molar refractivity (Wildman–Crippen MR) is 61.2 cm³/mol. The molecular formula is C13H13FO2. The Hall–Kier alpha value is -1.90. The highest BCUT2D eigenvalue weighted by Crippen LogP contribution is 2.07. The van der Waals surface area contributed by atoms with Crippen molar-refractivity contribution in [3.05, 3.63) is 53.9 Å². The van der Waals surface area contributed by atoms with Crippen molar-refractivity contribution in [2.45, 2.75) is 6.92 Å². The molecule has 0 saturated carbocycles. The molecule has 0 spiro atoms. The van der Waals surface area contributed by atoms with Crippen molar-refractivity contribution in [1.82, 2.24) is 0 Å². The van der Waals surface area contributed by atoms with E-state index in [4.69, 9.17) is 0 Å². The standard InChI is InChI=1S/C13H13FO2/c1-2-16-13(15)10-6-4-8-11-7-3-5-9-12(11)14/h3-10H,2H2,1H3/b8-4+,10-6-. The quantitative estimate of drug-likeness (QED) is 0.443. The van der Waals surface area contributed by atoms with Gasteiger partial charge in [-0.3, -0.25) is 0 Å². The molecule has 0 aliphatic carbocycles. The van der Waals surface area contributed by atoms with Crippen LogP contribution in [0.4, 0.5) is 4.39 Å². The van der Waals surface area contributed by atoms with Gasteiger partial charge in [-0.1, -0.05) is 36.4 Å². The van der Waals surface area contributed by atoms with Gasteiger partial charge in [0.25, 0.3) is 0 Å². The van der Waals surface area contributed by atoms with Crippen molar-refractivity contribution >= 4 is 12.0 Å². The first-order valence-corrected chi connectivity index (χ1v) is 5.00. The topological polar surface area (TPSA) is 26.3 Å². The van der Waals surface area contributed by atoms with E-state index in [1.165, 1.54) is 18.2 Å². The molecule has 84 valence electrons. The van der Waals surface area contributed by atoms with Gasteiger partial charge in [-0.05, 0) is 13.0 Å². The minimum absolute atomic E-state index is 0.289. The molecule has 0 fully saturated rings. The molecule has 2 nitrogen and oxygen atoms in total. The molecule has 0 bridgehead atoms. The smallest absolute Gasteiger partial charge is 0.330 e. The van der Waals surface area contributed by atoms with Crippen LogP contribution < -0.4 is 0 Å². The maximum absolute atomic E-state index is 13.1. The second-order valence-corrected chi connectivity index (χ2v) is 2.99. The van der Waals surface area contributed by atoms with E-state index in [0.717, 1.165) is 0 Å². The third-order valence-corrected chi connectivity index (χ3v) is 1.81. The van der Waals surface area contributed by atoms with E-state index in [9.17, 15) is 9.18 Å². The lowest BCUT2D eigenvalue weighted by Crippen LogP contribution is -1.98. The number of esters is 1. The van der Waals surface area contributed by atoms with Crippen LogP contribution in [-0.2, 0) is 9.53 Å². The first kappa shape index (κ1) is 12.2. The van der Waals surface area contributed by atoms with E-state index in [2.05, 4.69) is 4.74 Å². The molecule has 0 radical (unpaired) electrons. The van der Waals surface area contributed by atoms with Crippen molar-refractivity contribution in [3.63, 3.8) is 0 Å². The number of halogens is 1. The van der Waals surface area contributed by atoms with Crippen LogP contribution in [0.25, 0.3) is 6.08 Å². The molecule has 16 heavy (non-hydrogen) atoms. The average Bonchev–Trinajstić information content (AvgIpc) is 2.27. The highest BCUT2D eigenvalue weighted by atomic mass is 19.1. The van der Waals surface area contributed by atoms with Crippen LogP contribution in [0.3, 0.4) is 0 Å². The maximum atomic E-state index is 13.1. The molecule has 0 heterocycles. The number of hydrogen-bond donors (Lipinski definition) is 0. The van der Waals surface area contributed by atoms with Crippen LogP contribution >= 0.6 is 0 Å². The molecule has 0 N–H and O–H groups in total. The van der Waals surface area contributed by atoms with Crippen LogP contribution in [0, 0.1) is 5.82 Å². The Kier molecular flexibility index (Phi) is 4.99. The summed E-state index contributed by atoms with van der Waals surface area (Å²) in [6.45, 7) is 2.08. The summed E-state index contributed by atoms with van der Waals surface area (Å²) < 4.78 is 17.8. The summed E-state index contributed by atoms with van der Waals surface area (Å²) in [6.07, 6.45) is 5.99. The zero-order valence-electron chi connectivity index (χ0n) is 9.02. The zero-order valence-corrected chi connectivity index (χ0v) is 9.02. The van der Waals surface area contributed by atoms with Crippen molar-refractivity contribution in [3.8, 4) is 0 Å². The zero-order chi connectivity index (χ0) is 11.8. The highest BCUT2D eigenvalue weighted by Gasteiger charge is 1.94. The second kappa shape index (κ2) is 6.56. The van der Waals surface area contributed by atoms with Gasteiger partial charge in [-0.15, -0.1) is 0 Å². The average molecular weight is 220 g/mol. The molecule has 3 heteroatoms. The summed E-state index contributed by atoms with van der Waals surface area (Å²) in [6, 6.07) is 6.41. The Morgan fingerprint density at radius 1 is 1.38 bits per heavy atom. The van der Waals surface area contributed by atoms with Gasteiger partial charge < -0.3 is 4.74 Å². The highest BCUT2D eigenvalue weighted by molar-refractivity contribution is 5.82. The first-order valence-electron chi connectivity index (χ1n) is 5.00. The maximum Gasteiger partial charge on any atom is 0.330 e. The normalized spacial score (nSPS) is 11.1. The van der Waals surface area contributed by atoms with Crippen LogP contribution in [-0.4, -0.2) is 12.6 Å². The lowest BCUT2D eigenvalue weighted by Gasteiger charge is -1.94. The van der Waals surface area contributed by atoms with Crippen molar-refractivity contribution in [2.75, 3.05) is 6.61 Å². The Balaban J connectivity index is 2.55. The Morgan fingerprint density at radius 3 is 2.81 bits per heavy atom. The lowest BCUT2D eigenvalue weighted by molar-refractivity contribution is -0.137. The molecule has 0 aliphatic rings. The van der Waals surface area contributed by atoms with Gasteiger partial charge in [-0.2, -0.15) is 0 Å². The van der Waals surface area contributed by atoms with E-state index in [-0.39, 0.29) is 5.82 Å². The largest absolute Gasteiger partial charge is 0.463 e. The summed E-state index contributed by atoms with van der Waals surface area (Å²) in [5.41, 5.74) is 0.482. The second-order valence-electron chi connectivity index (χ2n) is 2.99. The minimum atomic E-state index is -0.402. The van der Waals surface area contributed by atoms with Gasteiger partial charge in [0.1, 0.15) is 5.82 Å². The SMILES string of the molecule is CCOC(=O)/C=C\C=C\c1ccccc1F. The van der Waals surface area contributed by atoms with Gasteiger partial charge in [-0.25, -0.2) is 9.18 Å². The summed E-state index contributed by atoms with van der Waals surface area (Å²) in [4.78, 5) is 10.9. The number of rotatable bonds is 4. The molecule has 0 saturated heterocycles. The molecule has 0 atom stereocenters. The molecule has 1 aromatic rings. The van der Waals surface area contributed by atoms with Crippen LogP contribution in [0.15, 0.2) is 42.5 Å². The third kappa shape index (κ3) is 4.09. The van der Waals surface area contributed by atoms with E-state index in [1.54, 1.807) is 37.3 Å². The fraction of sp³-hybridized carbons (Fsp3) is 0.154. The predicted octanol–water partition coefficient (Wildman–Crippen LogP) is 2.96. The van der Waals surface area contributed by atoms with Crippen LogP contribution in [0.2, 0.25) is 0 Å². The Bertz CT molecular complexity index is 408. The third-order valence-electron chi connectivity index (χ3n) is 1.81. The van der Waals surface area contributed by atoms with Crippen molar-refractivity contribution in [1.29, 1.82) is 0 Å². The lowest BCUT2D eigenvalue weighted by atomic mass is 10.2.